The van der Waals surface area contributed by atoms with Crippen LogP contribution < -0.4 is 14.5 Å². The summed E-state index contributed by atoms with van der Waals surface area (Å²) in [5, 5.41) is 12.1. The zero-order chi connectivity index (χ0) is 26.2. The maximum absolute atomic E-state index is 13.8. The van der Waals surface area contributed by atoms with Gasteiger partial charge in [-0.25, -0.2) is 4.98 Å². The van der Waals surface area contributed by atoms with Gasteiger partial charge >= 0.3 is 5.97 Å². The van der Waals surface area contributed by atoms with Crippen molar-refractivity contribution in [2.75, 3.05) is 57.2 Å². The van der Waals surface area contributed by atoms with Crippen molar-refractivity contribution in [3.8, 4) is 17.0 Å². The maximum Gasteiger partial charge on any atom is 0.304 e. The Balaban J connectivity index is 1.38. The highest BCUT2D eigenvalue weighted by molar-refractivity contribution is 7.14. The molecule has 1 fully saturated rings. The molecular formula is C28H32N4O4S. The summed E-state index contributed by atoms with van der Waals surface area (Å²) in [5.74, 6) is -0.459. The third-order valence-corrected chi connectivity index (χ3v) is 8.45. The number of aliphatic carboxylic acids is 1. The summed E-state index contributed by atoms with van der Waals surface area (Å²) in [7, 11) is 5.48. The van der Waals surface area contributed by atoms with E-state index in [1.54, 1.807) is 14.2 Å². The van der Waals surface area contributed by atoms with E-state index in [1.807, 2.05) is 41.8 Å². The first kappa shape index (κ1) is 25.2. The number of carboxylic acids is 1. The average Bonchev–Trinajstić information content (AvgIpc) is 3.53. The number of carbonyl (C=O) groups excluding carboxylic acids is 1. The summed E-state index contributed by atoms with van der Waals surface area (Å²) in [6.45, 7) is 3.98. The number of methoxy groups -OCH3 is 1. The molecule has 0 atom stereocenters. The third-order valence-electron chi connectivity index (χ3n) is 7.53. The number of hydrogen-bond acceptors (Lipinski definition) is 7. The number of rotatable bonds is 7. The van der Waals surface area contributed by atoms with Crippen LogP contribution in [0.1, 0.15) is 17.5 Å². The van der Waals surface area contributed by atoms with Crippen molar-refractivity contribution in [3.05, 3.63) is 59.0 Å². The number of likely N-dealkylation sites (N-methyl/N-ethyl adjacent to an activating group) is 1. The van der Waals surface area contributed by atoms with Gasteiger partial charge < -0.3 is 19.6 Å². The minimum Gasteiger partial charge on any atom is -0.496 e. The standard InChI is InChI=1S/C28H32N4O4S/c1-30-10-12-32(13-11-30)21-8-9-22(24(14-21)36-3)23-18-37-27(29-23)31(2)26(35)28(17-25(33)34)15-19-6-4-5-7-20(19)16-28/h4-9,14,18H,10-13,15-17H2,1-3H3,(H,33,34). The van der Waals surface area contributed by atoms with E-state index in [9.17, 15) is 14.7 Å². The molecule has 1 aromatic heterocycles. The predicted molar refractivity (Wildman–Crippen MR) is 146 cm³/mol. The second-order valence-corrected chi connectivity index (χ2v) is 10.9. The summed E-state index contributed by atoms with van der Waals surface area (Å²) < 4.78 is 5.73. The number of carboxylic acid groups (broad SMARTS) is 1. The molecule has 0 bridgehead atoms. The fourth-order valence-electron chi connectivity index (χ4n) is 5.47. The number of anilines is 2. The van der Waals surface area contributed by atoms with Crippen molar-refractivity contribution < 1.29 is 19.4 Å². The fourth-order valence-corrected chi connectivity index (χ4v) is 6.26. The van der Waals surface area contributed by atoms with Crippen LogP contribution in [0, 0.1) is 5.41 Å². The van der Waals surface area contributed by atoms with Crippen LogP contribution in [0.5, 0.6) is 5.75 Å². The molecule has 2 aromatic carbocycles. The van der Waals surface area contributed by atoms with Crippen LogP contribution in [0.2, 0.25) is 0 Å². The Bertz CT molecular complexity index is 1290. The van der Waals surface area contributed by atoms with Crippen molar-refractivity contribution >= 4 is 34.0 Å². The predicted octanol–water partition coefficient (Wildman–Crippen LogP) is 3.79. The molecular weight excluding hydrogens is 488 g/mol. The Labute approximate surface area is 221 Å². The Hall–Kier alpha value is -3.43. The van der Waals surface area contributed by atoms with E-state index >= 15 is 0 Å². The average molecular weight is 521 g/mol. The van der Waals surface area contributed by atoms with E-state index < -0.39 is 11.4 Å². The number of nitrogens with zero attached hydrogens (tertiary/aromatic N) is 4. The lowest BCUT2D eigenvalue weighted by Crippen LogP contribution is -2.44. The molecule has 0 radical (unpaired) electrons. The van der Waals surface area contributed by atoms with Gasteiger partial charge in [0.2, 0.25) is 5.91 Å². The highest BCUT2D eigenvalue weighted by Crippen LogP contribution is 2.43. The number of fused-ring (bicyclic) bond motifs is 1. The molecule has 1 saturated heterocycles. The number of amides is 1. The molecule has 0 saturated carbocycles. The molecule has 2 heterocycles. The van der Waals surface area contributed by atoms with E-state index in [0.717, 1.165) is 60.0 Å². The minimum atomic E-state index is -1.02. The van der Waals surface area contributed by atoms with Gasteiger partial charge in [0.05, 0.1) is 24.6 Å². The van der Waals surface area contributed by atoms with Gasteiger partial charge in [-0.15, -0.1) is 11.3 Å². The van der Waals surface area contributed by atoms with Gasteiger partial charge in [0.1, 0.15) is 5.75 Å². The molecule has 5 rings (SSSR count). The summed E-state index contributed by atoms with van der Waals surface area (Å²) in [6, 6.07) is 14.0. The largest absolute Gasteiger partial charge is 0.496 e. The molecule has 2 aliphatic rings. The van der Waals surface area contributed by atoms with Crippen LogP contribution in [-0.2, 0) is 22.4 Å². The van der Waals surface area contributed by atoms with Crippen LogP contribution in [0.4, 0.5) is 10.8 Å². The lowest BCUT2D eigenvalue weighted by atomic mass is 9.80. The van der Waals surface area contributed by atoms with Gasteiger partial charge in [-0.1, -0.05) is 24.3 Å². The Kier molecular flexibility index (Phi) is 6.92. The zero-order valence-electron chi connectivity index (χ0n) is 21.4. The van der Waals surface area contributed by atoms with E-state index in [1.165, 1.54) is 16.2 Å². The van der Waals surface area contributed by atoms with Crippen molar-refractivity contribution in [2.24, 2.45) is 5.41 Å². The van der Waals surface area contributed by atoms with E-state index in [4.69, 9.17) is 9.72 Å². The number of piperazine rings is 1. The van der Waals surface area contributed by atoms with Gasteiger partial charge in [0.25, 0.3) is 0 Å². The molecule has 0 spiro atoms. The highest BCUT2D eigenvalue weighted by Gasteiger charge is 2.47. The van der Waals surface area contributed by atoms with Gasteiger partial charge in [-0.2, -0.15) is 0 Å². The van der Waals surface area contributed by atoms with Crippen molar-refractivity contribution in [1.29, 1.82) is 0 Å². The van der Waals surface area contributed by atoms with Crippen molar-refractivity contribution in [3.63, 3.8) is 0 Å². The number of benzene rings is 2. The summed E-state index contributed by atoms with van der Waals surface area (Å²) in [4.78, 5) is 36.5. The molecule has 0 unspecified atom stereocenters. The van der Waals surface area contributed by atoms with E-state index in [-0.39, 0.29) is 12.3 Å². The molecule has 9 heteroatoms. The van der Waals surface area contributed by atoms with Gasteiger partial charge in [-0.05, 0) is 43.1 Å². The van der Waals surface area contributed by atoms with E-state index in [0.29, 0.717) is 18.0 Å². The SMILES string of the molecule is COc1cc(N2CCN(C)CC2)ccc1-c1csc(N(C)C(=O)C2(CC(=O)O)Cc3ccccc3C2)n1. The molecule has 3 aromatic rings. The third kappa shape index (κ3) is 4.93. The van der Waals surface area contributed by atoms with Gasteiger partial charge in [0.15, 0.2) is 5.13 Å². The molecule has 1 aliphatic carbocycles. The monoisotopic (exact) mass is 520 g/mol. The smallest absolute Gasteiger partial charge is 0.304 e. The van der Waals surface area contributed by atoms with Crippen molar-refractivity contribution in [2.45, 2.75) is 19.3 Å². The number of thiazole rings is 1. The number of carbonyl (C=O) groups is 2. The second-order valence-electron chi connectivity index (χ2n) is 10.0. The number of aromatic nitrogens is 1. The zero-order valence-corrected chi connectivity index (χ0v) is 22.3. The first-order chi connectivity index (χ1) is 17.8. The highest BCUT2D eigenvalue weighted by atomic mass is 32.1. The van der Waals surface area contributed by atoms with Crippen LogP contribution >= 0.6 is 11.3 Å². The first-order valence-corrected chi connectivity index (χ1v) is 13.3. The number of ether oxygens (including phenoxy) is 1. The Morgan fingerprint density at radius 3 is 2.41 bits per heavy atom. The van der Waals surface area contributed by atoms with Crippen molar-refractivity contribution in [1.82, 2.24) is 9.88 Å². The quantitative estimate of drug-likeness (QED) is 0.507. The molecule has 8 nitrogen and oxygen atoms in total. The second kappa shape index (κ2) is 10.1. The van der Waals surface area contributed by atoms with Crippen LogP contribution in [0.3, 0.4) is 0 Å². The Morgan fingerprint density at radius 1 is 1.11 bits per heavy atom. The number of hydrogen-bond donors (Lipinski definition) is 1. The minimum absolute atomic E-state index is 0.218. The normalized spacial score (nSPS) is 16.9. The van der Waals surface area contributed by atoms with Crippen LogP contribution in [-0.4, -0.2) is 74.3 Å². The summed E-state index contributed by atoms with van der Waals surface area (Å²) in [5.41, 5.74) is 3.76. The summed E-state index contributed by atoms with van der Waals surface area (Å²) >= 11 is 1.37. The lowest BCUT2D eigenvalue weighted by molar-refractivity contribution is -0.144. The topological polar surface area (TPSA) is 86.2 Å². The molecule has 37 heavy (non-hydrogen) atoms. The molecule has 194 valence electrons. The Morgan fingerprint density at radius 2 is 1.78 bits per heavy atom. The van der Waals surface area contributed by atoms with Crippen LogP contribution in [0.15, 0.2) is 47.8 Å². The van der Waals surface area contributed by atoms with Gasteiger partial charge in [-0.3, -0.25) is 14.5 Å². The van der Waals surface area contributed by atoms with Crippen LogP contribution in [0.25, 0.3) is 11.3 Å². The van der Waals surface area contributed by atoms with Gasteiger partial charge in [0, 0.05) is 55.9 Å². The maximum atomic E-state index is 13.8. The molecule has 1 N–H and O–H groups in total. The summed E-state index contributed by atoms with van der Waals surface area (Å²) in [6.07, 6.45) is 0.613. The lowest BCUT2D eigenvalue weighted by Gasteiger charge is -2.34. The first-order valence-electron chi connectivity index (χ1n) is 12.4. The fraction of sp³-hybridized carbons (Fsp3) is 0.393. The molecule has 1 amide bonds. The van der Waals surface area contributed by atoms with E-state index in [2.05, 4.69) is 22.9 Å². The molecule has 1 aliphatic heterocycles.